The van der Waals surface area contributed by atoms with Crippen molar-refractivity contribution in [2.45, 2.75) is 53.1 Å². The second kappa shape index (κ2) is 7.78. The van der Waals surface area contributed by atoms with Crippen LogP contribution in [0.3, 0.4) is 0 Å². The molecule has 0 bridgehead atoms. The fraction of sp³-hybridized carbons (Fsp3) is 0.565. The summed E-state index contributed by atoms with van der Waals surface area (Å²) in [6.45, 7) is 13.6. The van der Waals surface area contributed by atoms with Gasteiger partial charge in [-0.15, -0.1) is 0 Å². The van der Waals surface area contributed by atoms with Crippen molar-refractivity contribution >= 4 is 5.57 Å². The van der Waals surface area contributed by atoms with Crippen LogP contribution in [0.1, 0.15) is 58.6 Å². The maximum Gasteiger partial charge on any atom is 0.122 e. The van der Waals surface area contributed by atoms with E-state index < -0.39 is 0 Å². The van der Waals surface area contributed by atoms with Crippen molar-refractivity contribution in [3.63, 3.8) is 0 Å². The highest BCUT2D eigenvalue weighted by molar-refractivity contribution is 5.76. The van der Waals surface area contributed by atoms with E-state index in [1.54, 1.807) is 7.11 Å². The molecule has 2 atom stereocenters. The highest BCUT2D eigenvalue weighted by atomic mass is 16.5. The van der Waals surface area contributed by atoms with Crippen molar-refractivity contribution in [1.82, 2.24) is 0 Å². The van der Waals surface area contributed by atoms with E-state index in [1.165, 1.54) is 16.7 Å². The van der Waals surface area contributed by atoms with Gasteiger partial charge in [-0.25, -0.2) is 0 Å². The first-order valence-corrected chi connectivity index (χ1v) is 9.41. The molecule has 0 radical (unpaired) electrons. The van der Waals surface area contributed by atoms with Crippen molar-refractivity contribution in [2.75, 3.05) is 14.2 Å². The van der Waals surface area contributed by atoms with Gasteiger partial charge in [0.1, 0.15) is 5.76 Å². The van der Waals surface area contributed by atoms with E-state index in [1.807, 2.05) is 7.11 Å². The van der Waals surface area contributed by atoms with Crippen molar-refractivity contribution < 1.29 is 9.47 Å². The van der Waals surface area contributed by atoms with Gasteiger partial charge in [0, 0.05) is 18.6 Å². The Labute approximate surface area is 153 Å². The fourth-order valence-corrected chi connectivity index (χ4v) is 4.34. The molecule has 2 heteroatoms. The third-order valence-electron chi connectivity index (χ3n) is 5.57. The van der Waals surface area contributed by atoms with Gasteiger partial charge in [0.15, 0.2) is 0 Å². The summed E-state index contributed by atoms with van der Waals surface area (Å²) < 4.78 is 12.0. The van der Waals surface area contributed by atoms with E-state index >= 15 is 0 Å². The lowest BCUT2D eigenvalue weighted by Gasteiger charge is -2.46. The highest BCUT2D eigenvalue weighted by Gasteiger charge is 2.47. The molecule has 0 N–H and O–H groups in total. The minimum atomic E-state index is -0.324. The predicted molar refractivity (Wildman–Crippen MR) is 107 cm³/mol. The number of hydrogen-bond acceptors (Lipinski definition) is 2. The SMILES string of the molecule is COC1=C(c2ccccc2C(C)C)C(C(C)C)C(OC)(C(C)C)C=C1. The molecule has 0 amide bonds. The van der Waals surface area contributed by atoms with Crippen LogP contribution in [-0.4, -0.2) is 19.8 Å². The summed E-state index contributed by atoms with van der Waals surface area (Å²) in [5.74, 6) is 2.43. The Kier molecular flexibility index (Phi) is 6.16. The van der Waals surface area contributed by atoms with Gasteiger partial charge < -0.3 is 9.47 Å². The van der Waals surface area contributed by atoms with Crippen molar-refractivity contribution in [1.29, 1.82) is 0 Å². The lowest BCUT2D eigenvalue weighted by atomic mass is 9.64. The molecule has 0 spiro atoms. The molecule has 1 aromatic rings. The van der Waals surface area contributed by atoms with Crippen LogP contribution in [-0.2, 0) is 9.47 Å². The molecule has 1 aliphatic carbocycles. The molecule has 0 heterocycles. The van der Waals surface area contributed by atoms with E-state index in [-0.39, 0.29) is 11.5 Å². The van der Waals surface area contributed by atoms with Gasteiger partial charge in [0.05, 0.1) is 12.7 Å². The van der Waals surface area contributed by atoms with E-state index in [4.69, 9.17) is 9.47 Å². The molecule has 2 nitrogen and oxygen atoms in total. The standard InChI is InChI=1S/C23H34O2/c1-15(2)18-11-9-10-12-19(18)21-20(24-7)13-14-23(25-8,17(5)6)22(21)16(3)4/h9-17,22H,1-8H3. The molecule has 0 saturated heterocycles. The van der Waals surface area contributed by atoms with Gasteiger partial charge in [0.25, 0.3) is 0 Å². The monoisotopic (exact) mass is 342 g/mol. The lowest BCUT2D eigenvalue weighted by Crippen LogP contribution is -2.47. The van der Waals surface area contributed by atoms with E-state index in [0.29, 0.717) is 17.8 Å². The van der Waals surface area contributed by atoms with Gasteiger partial charge in [0.2, 0.25) is 0 Å². The van der Waals surface area contributed by atoms with Crippen molar-refractivity contribution in [2.24, 2.45) is 17.8 Å². The Morgan fingerprint density at radius 1 is 0.960 bits per heavy atom. The summed E-state index contributed by atoms with van der Waals surface area (Å²) in [6.07, 6.45) is 4.32. The largest absolute Gasteiger partial charge is 0.496 e. The summed E-state index contributed by atoms with van der Waals surface area (Å²) in [4.78, 5) is 0. The summed E-state index contributed by atoms with van der Waals surface area (Å²) in [7, 11) is 3.60. The quantitative estimate of drug-likeness (QED) is 0.626. The first-order chi connectivity index (χ1) is 11.8. The molecule has 0 fully saturated rings. The first kappa shape index (κ1) is 19.8. The minimum Gasteiger partial charge on any atom is -0.496 e. The van der Waals surface area contributed by atoms with Gasteiger partial charge in [-0.05, 0) is 41.0 Å². The Bertz CT molecular complexity index is 652. The van der Waals surface area contributed by atoms with Crippen molar-refractivity contribution in [3.8, 4) is 0 Å². The minimum absolute atomic E-state index is 0.234. The lowest BCUT2D eigenvalue weighted by molar-refractivity contribution is -0.0505. The molecule has 1 aromatic carbocycles. The molecule has 1 aliphatic rings. The van der Waals surface area contributed by atoms with Crippen LogP contribution in [0.4, 0.5) is 0 Å². The predicted octanol–water partition coefficient (Wildman–Crippen LogP) is 6.05. The molecule has 0 saturated carbocycles. The second-order valence-corrected chi connectivity index (χ2v) is 7.99. The van der Waals surface area contributed by atoms with Crippen LogP contribution in [0, 0.1) is 17.8 Å². The Balaban J connectivity index is 2.78. The highest BCUT2D eigenvalue weighted by Crippen LogP contribution is 2.49. The summed E-state index contributed by atoms with van der Waals surface area (Å²) in [5, 5.41) is 0. The van der Waals surface area contributed by atoms with E-state index in [9.17, 15) is 0 Å². The van der Waals surface area contributed by atoms with Crippen LogP contribution < -0.4 is 0 Å². The molecule has 0 aromatic heterocycles. The average Bonchev–Trinajstić information content (AvgIpc) is 2.59. The Hall–Kier alpha value is -1.54. The average molecular weight is 343 g/mol. The third-order valence-corrected chi connectivity index (χ3v) is 5.57. The zero-order valence-electron chi connectivity index (χ0n) is 17.1. The molecular weight excluding hydrogens is 308 g/mol. The number of rotatable bonds is 6. The van der Waals surface area contributed by atoms with Crippen LogP contribution in [0.2, 0.25) is 0 Å². The number of ether oxygens (including phenoxy) is 2. The molecule has 2 unspecified atom stereocenters. The molecule has 2 rings (SSSR count). The molecule has 25 heavy (non-hydrogen) atoms. The van der Waals surface area contributed by atoms with Crippen LogP contribution in [0.5, 0.6) is 0 Å². The van der Waals surface area contributed by atoms with E-state index in [0.717, 1.165) is 5.76 Å². The second-order valence-electron chi connectivity index (χ2n) is 7.99. The summed E-state index contributed by atoms with van der Waals surface area (Å²) >= 11 is 0. The summed E-state index contributed by atoms with van der Waals surface area (Å²) in [6, 6.07) is 8.72. The Morgan fingerprint density at radius 2 is 1.60 bits per heavy atom. The number of methoxy groups -OCH3 is 2. The van der Waals surface area contributed by atoms with E-state index in [2.05, 4.69) is 78.0 Å². The van der Waals surface area contributed by atoms with Gasteiger partial charge in [-0.3, -0.25) is 0 Å². The number of benzene rings is 1. The fourth-order valence-electron chi connectivity index (χ4n) is 4.34. The smallest absolute Gasteiger partial charge is 0.122 e. The van der Waals surface area contributed by atoms with Gasteiger partial charge in [-0.1, -0.05) is 65.8 Å². The van der Waals surface area contributed by atoms with Crippen LogP contribution >= 0.6 is 0 Å². The van der Waals surface area contributed by atoms with Crippen molar-refractivity contribution in [3.05, 3.63) is 53.3 Å². The maximum absolute atomic E-state index is 6.18. The normalized spacial score (nSPS) is 23.9. The Morgan fingerprint density at radius 3 is 2.08 bits per heavy atom. The summed E-state index contributed by atoms with van der Waals surface area (Å²) in [5.41, 5.74) is 3.61. The number of hydrogen-bond donors (Lipinski definition) is 0. The topological polar surface area (TPSA) is 18.5 Å². The van der Waals surface area contributed by atoms with Gasteiger partial charge >= 0.3 is 0 Å². The van der Waals surface area contributed by atoms with Crippen LogP contribution in [0.15, 0.2) is 42.2 Å². The molecular formula is C23H34O2. The van der Waals surface area contributed by atoms with Gasteiger partial charge in [-0.2, -0.15) is 0 Å². The van der Waals surface area contributed by atoms with Crippen LogP contribution in [0.25, 0.3) is 5.57 Å². The maximum atomic E-state index is 6.18. The zero-order valence-corrected chi connectivity index (χ0v) is 17.1. The number of allylic oxidation sites excluding steroid dienone is 1. The molecule has 0 aliphatic heterocycles. The first-order valence-electron chi connectivity index (χ1n) is 9.41. The third kappa shape index (κ3) is 3.42. The molecule has 138 valence electrons. The zero-order chi connectivity index (χ0) is 18.8.